The first-order valence-corrected chi connectivity index (χ1v) is 8.82. The molecule has 0 spiro atoms. The molecular formula is C17H17Cl2NOS. The molecule has 0 radical (unpaired) electrons. The molecule has 2 aromatic rings. The number of carbonyl (C=O) groups excluding carboxylic acids is 1. The summed E-state index contributed by atoms with van der Waals surface area (Å²) in [6.45, 7) is 0. The fraction of sp³-hybridized carbons (Fsp3) is 0.235. The molecule has 0 aliphatic carbocycles. The first-order chi connectivity index (χ1) is 10.6. The smallest absolute Gasteiger partial charge is 0.227 e. The second-order valence-corrected chi connectivity index (χ2v) is 6.76. The van der Waals surface area contributed by atoms with Gasteiger partial charge in [-0.2, -0.15) is 11.8 Å². The van der Waals surface area contributed by atoms with E-state index in [1.807, 2.05) is 42.5 Å². The van der Waals surface area contributed by atoms with Crippen molar-refractivity contribution in [2.24, 2.45) is 0 Å². The number of benzene rings is 2. The normalized spacial score (nSPS) is 10.5. The van der Waals surface area contributed by atoms with E-state index < -0.39 is 0 Å². The molecule has 0 saturated heterocycles. The summed E-state index contributed by atoms with van der Waals surface area (Å²) in [7, 11) is 1.81. The minimum Gasteiger partial charge on any atom is -0.315 e. The van der Waals surface area contributed by atoms with Crippen molar-refractivity contribution in [1.29, 1.82) is 0 Å². The quantitative estimate of drug-likeness (QED) is 0.658. The summed E-state index contributed by atoms with van der Waals surface area (Å²) in [6, 6.07) is 15.3. The van der Waals surface area contributed by atoms with Crippen LogP contribution in [0, 0.1) is 0 Å². The summed E-state index contributed by atoms with van der Waals surface area (Å²) in [4.78, 5) is 13.8. The molecule has 116 valence electrons. The van der Waals surface area contributed by atoms with Crippen LogP contribution >= 0.6 is 35.0 Å². The van der Waals surface area contributed by atoms with Crippen LogP contribution in [-0.4, -0.2) is 18.7 Å². The van der Waals surface area contributed by atoms with Crippen LogP contribution in [0.1, 0.15) is 12.0 Å². The highest BCUT2D eigenvalue weighted by Gasteiger charge is 2.10. The third kappa shape index (κ3) is 4.94. The van der Waals surface area contributed by atoms with Crippen molar-refractivity contribution in [3.05, 3.63) is 64.1 Å². The van der Waals surface area contributed by atoms with Gasteiger partial charge in [-0.25, -0.2) is 0 Å². The minimum atomic E-state index is 0.118. The molecule has 2 rings (SSSR count). The van der Waals surface area contributed by atoms with E-state index in [0.29, 0.717) is 16.5 Å². The number of para-hydroxylation sites is 1. The number of thioether (sulfide) groups is 1. The average Bonchev–Trinajstić information content (AvgIpc) is 2.54. The Balaban J connectivity index is 1.76. The van der Waals surface area contributed by atoms with E-state index >= 15 is 0 Å². The summed E-state index contributed by atoms with van der Waals surface area (Å²) >= 11 is 13.6. The number of amides is 1. The van der Waals surface area contributed by atoms with Crippen LogP contribution < -0.4 is 4.90 Å². The molecule has 0 fully saturated rings. The molecule has 1 amide bonds. The third-order valence-electron chi connectivity index (χ3n) is 3.23. The standard InChI is InChI=1S/C17H17Cl2NOS/c1-20(14-5-3-2-4-6-14)17(21)9-10-22-12-13-7-8-15(18)16(19)11-13/h2-8,11H,9-10,12H2,1H3. The molecule has 5 heteroatoms. The SMILES string of the molecule is CN(C(=O)CCSCc1ccc(Cl)c(Cl)c1)c1ccccc1. The van der Waals surface area contributed by atoms with Gasteiger partial charge in [0.1, 0.15) is 0 Å². The van der Waals surface area contributed by atoms with Crippen LogP contribution in [0.2, 0.25) is 10.0 Å². The first kappa shape index (κ1) is 17.2. The van der Waals surface area contributed by atoms with Crippen LogP contribution in [0.5, 0.6) is 0 Å². The Bertz CT molecular complexity index is 634. The van der Waals surface area contributed by atoms with Gasteiger partial charge in [0.25, 0.3) is 0 Å². The van der Waals surface area contributed by atoms with Crippen molar-refractivity contribution in [3.8, 4) is 0 Å². The molecule has 0 aromatic heterocycles. The van der Waals surface area contributed by atoms with Crippen LogP contribution in [0.15, 0.2) is 48.5 Å². The second kappa shape index (κ2) is 8.47. The largest absolute Gasteiger partial charge is 0.315 e. The van der Waals surface area contributed by atoms with E-state index in [9.17, 15) is 4.79 Å². The molecule has 0 unspecified atom stereocenters. The number of rotatable bonds is 6. The number of hydrogen-bond donors (Lipinski definition) is 0. The van der Waals surface area contributed by atoms with Crippen molar-refractivity contribution in [1.82, 2.24) is 0 Å². The zero-order chi connectivity index (χ0) is 15.9. The van der Waals surface area contributed by atoms with Gasteiger partial charge in [0.15, 0.2) is 0 Å². The van der Waals surface area contributed by atoms with Crippen LogP contribution in [0.3, 0.4) is 0 Å². The molecule has 0 aliphatic heterocycles. The van der Waals surface area contributed by atoms with Crippen LogP contribution in [-0.2, 0) is 10.5 Å². The Morgan fingerprint density at radius 1 is 1.09 bits per heavy atom. The van der Waals surface area contributed by atoms with Gasteiger partial charge in [-0.3, -0.25) is 4.79 Å². The molecule has 2 nitrogen and oxygen atoms in total. The van der Waals surface area contributed by atoms with Gasteiger partial charge in [0, 0.05) is 30.7 Å². The summed E-state index contributed by atoms with van der Waals surface area (Å²) < 4.78 is 0. The molecule has 0 heterocycles. The molecule has 0 aliphatic rings. The maximum atomic E-state index is 12.1. The summed E-state index contributed by atoms with van der Waals surface area (Å²) in [5.74, 6) is 1.71. The Morgan fingerprint density at radius 2 is 1.82 bits per heavy atom. The molecule has 0 atom stereocenters. The third-order valence-corrected chi connectivity index (χ3v) is 5.00. The topological polar surface area (TPSA) is 20.3 Å². The van der Waals surface area contributed by atoms with E-state index in [0.717, 1.165) is 22.8 Å². The van der Waals surface area contributed by atoms with E-state index in [2.05, 4.69) is 0 Å². The molecule has 0 saturated carbocycles. The lowest BCUT2D eigenvalue weighted by molar-refractivity contribution is -0.117. The predicted molar refractivity (Wildman–Crippen MR) is 97.1 cm³/mol. The molecule has 0 bridgehead atoms. The van der Waals surface area contributed by atoms with Crippen molar-refractivity contribution >= 4 is 46.6 Å². The van der Waals surface area contributed by atoms with Gasteiger partial charge in [-0.15, -0.1) is 0 Å². The molecular weight excluding hydrogens is 337 g/mol. The highest BCUT2D eigenvalue weighted by Crippen LogP contribution is 2.25. The van der Waals surface area contributed by atoms with Gasteiger partial charge in [0.05, 0.1) is 10.0 Å². The Kier molecular flexibility index (Phi) is 6.62. The van der Waals surface area contributed by atoms with E-state index in [1.54, 1.807) is 29.8 Å². The maximum Gasteiger partial charge on any atom is 0.227 e. The lowest BCUT2D eigenvalue weighted by atomic mass is 10.2. The Hall–Kier alpha value is -1.16. The zero-order valence-electron chi connectivity index (χ0n) is 12.3. The number of anilines is 1. The van der Waals surface area contributed by atoms with Gasteiger partial charge in [-0.1, -0.05) is 47.5 Å². The maximum absolute atomic E-state index is 12.1. The average molecular weight is 354 g/mol. The second-order valence-electron chi connectivity index (χ2n) is 4.84. The Labute approximate surface area is 145 Å². The van der Waals surface area contributed by atoms with Gasteiger partial charge < -0.3 is 4.90 Å². The van der Waals surface area contributed by atoms with E-state index in [-0.39, 0.29) is 5.91 Å². The lowest BCUT2D eigenvalue weighted by Gasteiger charge is -2.17. The summed E-state index contributed by atoms with van der Waals surface area (Å²) in [5.41, 5.74) is 2.03. The minimum absolute atomic E-state index is 0.118. The summed E-state index contributed by atoms with van der Waals surface area (Å²) in [5, 5.41) is 1.13. The molecule has 2 aromatic carbocycles. The zero-order valence-corrected chi connectivity index (χ0v) is 14.6. The van der Waals surface area contributed by atoms with Gasteiger partial charge in [0.2, 0.25) is 5.91 Å². The number of halogens is 2. The fourth-order valence-electron chi connectivity index (χ4n) is 1.94. The van der Waals surface area contributed by atoms with Gasteiger partial charge >= 0.3 is 0 Å². The number of hydrogen-bond acceptors (Lipinski definition) is 2. The highest BCUT2D eigenvalue weighted by molar-refractivity contribution is 7.98. The first-order valence-electron chi connectivity index (χ1n) is 6.91. The van der Waals surface area contributed by atoms with Crippen LogP contribution in [0.25, 0.3) is 0 Å². The van der Waals surface area contributed by atoms with E-state index in [1.165, 1.54) is 0 Å². The van der Waals surface area contributed by atoms with E-state index in [4.69, 9.17) is 23.2 Å². The fourth-order valence-corrected chi connectivity index (χ4v) is 3.14. The van der Waals surface area contributed by atoms with Crippen molar-refractivity contribution in [2.45, 2.75) is 12.2 Å². The van der Waals surface area contributed by atoms with Crippen molar-refractivity contribution in [2.75, 3.05) is 17.7 Å². The molecule has 0 N–H and O–H groups in total. The lowest BCUT2D eigenvalue weighted by Crippen LogP contribution is -2.26. The molecule has 22 heavy (non-hydrogen) atoms. The Morgan fingerprint density at radius 3 is 2.50 bits per heavy atom. The monoisotopic (exact) mass is 353 g/mol. The summed E-state index contributed by atoms with van der Waals surface area (Å²) in [6.07, 6.45) is 0.511. The highest BCUT2D eigenvalue weighted by atomic mass is 35.5. The predicted octanol–water partition coefficient (Wildman–Crippen LogP) is 5.28. The van der Waals surface area contributed by atoms with Gasteiger partial charge in [-0.05, 0) is 29.8 Å². The van der Waals surface area contributed by atoms with Crippen LogP contribution in [0.4, 0.5) is 5.69 Å². The van der Waals surface area contributed by atoms with Crippen molar-refractivity contribution in [3.63, 3.8) is 0 Å². The number of carbonyl (C=O) groups is 1. The number of nitrogens with zero attached hydrogens (tertiary/aromatic N) is 1. The van der Waals surface area contributed by atoms with Crippen molar-refractivity contribution < 1.29 is 4.79 Å².